The highest BCUT2D eigenvalue weighted by Crippen LogP contribution is 2.37. The van der Waals surface area contributed by atoms with Gasteiger partial charge in [-0.1, -0.05) is 0 Å². The van der Waals surface area contributed by atoms with Crippen molar-refractivity contribution in [3.8, 4) is 0 Å². The smallest absolute Gasteiger partial charge is 0.207 e. The molecule has 0 aliphatic carbocycles. The van der Waals surface area contributed by atoms with E-state index in [4.69, 9.17) is 0 Å². The molecule has 0 fully saturated rings. The minimum absolute atomic E-state index is 0.456. The van der Waals surface area contributed by atoms with E-state index in [1.54, 1.807) is 6.07 Å². The van der Waals surface area contributed by atoms with Gasteiger partial charge in [0, 0.05) is 17.0 Å². The van der Waals surface area contributed by atoms with E-state index in [1.807, 2.05) is 0 Å². The summed E-state index contributed by atoms with van der Waals surface area (Å²) in [6, 6.07) is 5.63. The number of rotatable bonds is 3. The van der Waals surface area contributed by atoms with Crippen molar-refractivity contribution >= 4 is 21.8 Å². The maximum atomic E-state index is 13.4. The highest BCUT2D eigenvalue weighted by molar-refractivity contribution is 7.99. The summed E-state index contributed by atoms with van der Waals surface area (Å²) < 4.78 is 67.0. The lowest BCUT2D eigenvalue weighted by Crippen LogP contribution is -2.31. The van der Waals surface area contributed by atoms with E-state index >= 15 is 0 Å². The number of hydrogen-bond acceptors (Lipinski definition) is 3. The normalized spacial score (nSPS) is 17.8. The predicted molar refractivity (Wildman–Crippen MR) is 81.2 cm³/mol. The largest absolute Gasteiger partial charge is 0.241 e. The van der Waals surface area contributed by atoms with Gasteiger partial charge in [-0.3, -0.25) is 0 Å². The molecular weight excluding hydrogens is 347 g/mol. The summed E-state index contributed by atoms with van der Waals surface area (Å²) in [6.45, 7) is 0. The van der Waals surface area contributed by atoms with Gasteiger partial charge in [0.05, 0.1) is 4.90 Å². The Morgan fingerprint density at radius 3 is 2.39 bits per heavy atom. The second-order valence-corrected chi connectivity index (χ2v) is 7.95. The number of benzene rings is 2. The monoisotopic (exact) mass is 359 g/mol. The van der Waals surface area contributed by atoms with Crippen LogP contribution >= 0.6 is 11.8 Å². The van der Waals surface area contributed by atoms with Crippen molar-refractivity contribution in [3.05, 3.63) is 59.4 Å². The fourth-order valence-corrected chi connectivity index (χ4v) is 4.82. The Balaban J connectivity index is 1.94. The number of fused-ring (bicyclic) bond motifs is 1. The lowest BCUT2D eigenvalue weighted by Gasteiger charge is -2.25. The number of nitrogens with one attached hydrogen (secondary N) is 1. The van der Waals surface area contributed by atoms with E-state index < -0.39 is 38.4 Å². The molecule has 1 aliphatic rings. The van der Waals surface area contributed by atoms with Gasteiger partial charge in [0.2, 0.25) is 10.0 Å². The molecule has 3 rings (SSSR count). The van der Waals surface area contributed by atoms with Crippen LogP contribution in [0.25, 0.3) is 0 Å². The van der Waals surface area contributed by atoms with Crippen molar-refractivity contribution in [2.75, 3.05) is 5.75 Å². The van der Waals surface area contributed by atoms with Crippen LogP contribution in [0.3, 0.4) is 0 Å². The zero-order chi connectivity index (χ0) is 16.6. The van der Waals surface area contributed by atoms with Crippen LogP contribution in [0.15, 0.2) is 46.2 Å². The Labute approximate surface area is 136 Å². The van der Waals surface area contributed by atoms with Crippen LogP contribution in [0, 0.1) is 17.5 Å². The van der Waals surface area contributed by atoms with Gasteiger partial charge in [-0.25, -0.2) is 26.3 Å². The quantitative estimate of drug-likeness (QED) is 0.911. The maximum Gasteiger partial charge on any atom is 0.241 e. The number of halogens is 3. The van der Waals surface area contributed by atoms with Gasteiger partial charge in [0.25, 0.3) is 0 Å². The second-order valence-electron chi connectivity index (χ2n) is 5.10. The highest BCUT2D eigenvalue weighted by atomic mass is 32.2. The third-order valence-corrected chi connectivity index (χ3v) is 6.03. The first-order valence-electron chi connectivity index (χ1n) is 6.76. The van der Waals surface area contributed by atoms with Crippen LogP contribution in [-0.4, -0.2) is 14.2 Å². The SMILES string of the molecule is O=S(=O)(N[C@H]1CCSc2ccc(F)cc21)c1cc(F)cc(F)c1. The summed E-state index contributed by atoms with van der Waals surface area (Å²) in [6.07, 6.45) is 0.456. The van der Waals surface area contributed by atoms with Crippen LogP contribution < -0.4 is 4.72 Å². The van der Waals surface area contributed by atoms with E-state index in [1.165, 1.54) is 23.9 Å². The topological polar surface area (TPSA) is 46.2 Å². The molecular formula is C15H12F3NO2S2. The molecule has 0 spiro atoms. The third-order valence-electron chi connectivity index (χ3n) is 3.46. The first-order chi connectivity index (χ1) is 10.8. The van der Waals surface area contributed by atoms with Crippen LogP contribution in [0.1, 0.15) is 18.0 Å². The fraction of sp³-hybridized carbons (Fsp3) is 0.200. The molecule has 0 radical (unpaired) electrons. The van der Waals surface area contributed by atoms with Gasteiger partial charge in [-0.15, -0.1) is 11.8 Å². The first kappa shape index (κ1) is 16.4. The Morgan fingerprint density at radius 2 is 1.70 bits per heavy atom. The first-order valence-corrected chi connectivity index (χ1v) is 9.23. The molecule has 3 nitrogen and oxygen atoms in total. The molecule has 1 aliphatic heterocycles. The van der Waals surface area contributed by atoms with E-state index in [9.17, 15) is 21.6 Å². The van der Waals surface area contributed by atoms with Crippen LogP contribution in [0.5, 0.6) is 0 Å². The zero-order valence-corrected chi connectivity index (χ0v) is 13.4. The molecule has 1 atom stereocenters. The van der Waals surface area contributed by atoms with Crippen LogP contribution in [-0.2, 0) is 10.0 Å². The molecule has 0 bridgehead atoms. The zero-order valence-electron chi connectivity index (χ0n) is 11.7. The third kappa shape index (κ3) is 3.54. The minimum atomic E-state index is -4.12. The van der Waals surface area contributed by atoms with Gasteiger partial charge in [0.1, 0.15) is 17.5 Å². The number of hydrogen-bond donors (Lipinski definition) is 1. The standard InChI is InChI=1S/C15H12F3NO2S2/c16-9-1-2-15-13(8-9)14(3-4-22-15)19-23(20,21)12-6-10(17)5-11(18)7-12/h1-2,5-8,14,19H,3-4H2/t14-/m0/s1. The summed E-state index contributed by atoms with van der Waals surface area (Å²) in [5, 5.41) is 0. The van der Waals surface area contributed by atoms with E-state index in [-0.39, 0.29) is 0 Å². The Bertz CT molecular complexity index is 836. The van der Waals surface area contributed by atoms with Crippen molar-refractivity contribution in [2.24, 2.45) is 0 Å². The van der Waals surface area contributed by atoms with Crippen molar-refractivity contribution < 1.29 is 21.6 Å². The highest BCUT2D eigenvalue weighted by Gasteiger charge is 2.27. The molecule has 122 valence electrons. The molecule has 0 unspecified atom stereocenters. The molecule has 0 aromatic heterocycles. The molecule has 0 saturated heterocycles. The average molecular weight is 359 g/mol. The number of sulfonamides is 1. The maximum absolute atomic E-state index is 13.4. The summed E-state index contributed by atoms with van der Waals surface area (Å²) in [7, 11) is -4.12. The molecule has 8 heteroatoms. The molecule has 0 saturated carbocycles. The average Bonchev–Trinajstić information content (AvgIpc) is 2.46. The van der Waals surface area contributed by atoms with Crippen molar-refractivity contribution in [1.82, 2.24) is 4.72 Å². The van der Waals surface area contributed by atoms with E-state index in [2.05, 4.69) is 4.72 Å². The molecule has 2 aromatic carbocycles. The molecule has 1 N–H and O–H groups in total. The lowest BCUT2D eigenvalue weighted by molar-refractivity contribution is 0.535. The van der Waals surface area contributed by atoms with Gasteiger partial charge >= 0.3 is 0 Å². The molecule has 1 heterocycles. The summed E-state index contributed by atoms with van der Waals surface area (Å²) >= 11 is 1.51. The Kier molecular flexibility index (Phi) is 4.39. The van der Waals surface area contributed by atoms with Gasteiger partial charge < -0.3 is 0 Å². The Hall–Kier alpha value is -1.51. The second kappa shape index (κ2) is 6.18. The van der Waals surface area contributed by atoms with Crippen molar-refractivity contribution in [1.29, 1.82) is 0 Å². The van der Waals surface area contributed by atoms with Gasteiger partial charge in [0.15, 0.2) is 0 Å². The van der Waals surface area contributed by atoms with Gasteiger partial charge in [-0.05, 0) is 48.1 Å². The summed E-state index contributed by atoms with van der Waals surface area (Å²) in [5.41, 5.74) is 0.529. The van der Waals surface area contributed by atoms with Crippen LogP contribution in [0.2, 0.25) is 0 Å². The van der Waals surface area contributed by atoms with Crippen LogP contribution in [0.4, 0.5) is 13.2 Å². The molecule has 0 amide bonds. The Morgan fingerprint density at radius 1 is 1.00 bits per heavy atom. The van der Waals surface area contributed by atoms with Gasteiger partial charge in [-0.2, -0.15) is 0 Å². The fourth-order valence-electron chi connectivity index (χ4n) is 2.43. The van der Waals surface area contributed by atoms with E-state index in [0.717, 1.165) is 17.0 Å². The summed E-state index contributed by atoms with van der Waals surface area (Å²) in [5.74, 6) is -1.76. The minimum Gasteiger partial charge on any atom is -0.207 e. The lowest BCUT2D eigenvalue weighted by atomic mass is 10.0. The molecule has 2 aromatic rings. The summed E-state index contributed by atoms with van der Waals surface area (Å²) in [4.78, 5) is 0.293. The van der Waals surface area contributed by atoms with Crippen molar-refractivity contribution in [3.63, 3.8) is 0 Å². The molecule has 23 heavy (non-hydrogen) atoms. The number of thioether (sulfide) groups is 1. The van der Waals surface area contributed by atoms with E-state index in [0.29, 0.717) is 23.8 Å². The predicted octanol–water partition coefficient (Wildman–Crippen LogP) is 3.62. The van der Waals surface area contributed by atoms with Crippen molar-refractivity contribution in [2.45, 2.75) is 22.3 Å².